The van der Waals surface area contributed by atoms with E-state index in [1.807, 2.05) is 38.1 Å². The van der Waals surface area contributed by atoms with Gasteiger partial charge in [0.1, 0.15) is 12.4 Å². The molecule has 4 nitrogen and oxygen atoms in total. The Morgan fingerprint density at radius 1 is 1.43 bits per heavy atom. The van der Waals surface area contributed by atoms with E-state index in [1.165, 1.54) is 0 Å². The van der Waals surface area contributed by atoms with Gasteiger partial charge in [0, 0.05) is 17.5 Å². The predicted molar refractivity (Wildman–Crippen MR) is 89.1 cm³/mol. The Balaban J connectivity index is 2.13. The van der Waals surface area contributed by atoms with Gasteiger partial charge in [0.15, 0.2) is 0 Å². The molecule has 1 atom stereocenters. The van der Waals surface area contributed by atoms with Crippen molar-refractivity contribution in [2.24, 2.45) is 0 Å². The van der Waals surface area contributed by atoms with Gasteiger partial charge in [0.05, 0.1) is 17.9 Å². The van der Waals surface area contributed by atoms with E-state index in [0.717, 1.165) is 22.6 Å². The first-order valence-electron chi connectivity index (χ1n) is 7.86. The summed E-state index contributed by atoms with van der Waals surface area (Å²) in [6.45, 7) is 5.45. The molecule has 2 aliphatic rings. The molecule has 0 aromatic heterocycles. The number of hydrogen-bond acceptors (Lipinski definition) is 4. The summed E-state index contributed by atoms with van der Waals surface area (Å²) in [6.07, 6.45) is 0.693. The van der Waals surface area contributed by atoms with E-state index in [4.69, 9.17) is 21.1 Å². The average molecular weight is 334 g/mol. The van der Waals surface area contributed by atoms with E-state index < -0.39 is 0 Å². The van der Waals surface area contributed by atoms with Crippen LogP contribution in [-0.4, -0.2) is 25.7 Å². The number of halogens is 1. The molecular formula is C18H20ClNO3. The largest absolute Gasteiger partial charge is 0.490 e. The summed E-state index contributed by atoms with van der Waals surface area (Å²) in [6, 6.07) is 7.65. The molecule has 1 aromatic carbocycles. The summed E-state index contributed by atoms with van der Waals surface area (Å²) in [4.78, 5) is 12.6. The number of morpholine rings is 1. The Bertz CT molecular complexity index is 693. The Hall–Kier alpha value is -1.94. The van der Waals surface area contributed by atoms with Crippen LogP contribution in [0.1, 0.15) is 31.7 Å². The molecule has 1 unspecified atom stereocenters. The van der Waals surface area contributed by atoms with Crippen LogP contribution in [0.4, 0.5) is 0 Å². The van der Waals surface area contributed by atoms with E-state index >= 15 is 0 Å². The molecule has 5 heteroatoms. The minimum absolute atomic E-state index is 0.129. The summed E-state index contributed by atoms with van der Waals surface area (Å²) >= 11 is 6.39. The molecule has 122 valence electrons. The molecule has 1 aliphatic heterocycles. The third-order valence-corrected chi connectivity index (χ3v) is 4.51. The number of fused-ring (bicyclic) bond motifs is 1. The SMILES string of the molecule is CCOC(=O)C1=C2NCCOC2=C(C)CC1c1ccccc1Cl. The van der Waals surface area contributed by atoms with Gasteiger partial charge in [-0.25, -0.2) is 4.79 Å². The van der Waals surface area contributed by atoms with Gasteiger partial charge < -0.3 is 14.8 Å². The quantitative estimate of drug-likeness (QED) is 0.859. The second-order valence-electron chi connectivity index (χ2n) is 5.67. The Kier molecular flexibility index (Phi) is 4.62. The van der Waals surface area contributed by atoms with Crippen molar-refractivity contribution in [2.75, 3.05) is 19.8 Å². The molecule has 0 spiro atoms. The molecule has 0 bridgehead atoms. The zero-order valence-corrected chi connectivity index (χ0v) is 14.1. The van der Waals surface area contributed by atoms with E-state index in [0.29, 0.717) is 36.8 Å². The lowest BCUT2D eigenvalue weighted by Gasteiger charge is -2.33. The third kappa shape index (κ3) is 2.95. The van der Waals surface area contributed by atoms with Crippen molar-refractivity contribution in [1.29, 1.82) is 0 Å². The van der Waals surface area contributed by atoms with Gasteiger partial charge in [-0.2, -0.15) is 0 Å². The molecule has 3 rings (SSSR count). The first kappa shape index (κ1) is 15.9. The second-order valence-corrected chi connectivity index (χ2v) is 6.08. The summed E-state index contributed by atoms with van der Waals surface area (Å²) in [5.74, 6) is 0.341. The number of allylic oxidation sites excluding steroid dienone is 1. The second kappa shape index (κ2) is 6.67. The van der Waals surface area contributed by atoms with Crippen LogP contribution in [0.15, 0.2) is 46.9 Å². The third-order valence-electron chi connectivity index (χ3n) is 4.17. The molecule has 0 radical (unpaired) electrons. The fourth-order valence-electron chi connectivity index (χ4n) is 3.19. The van der Waals surface area contributed by atoms with Gasteiger partial charge in [0.2, 0.25) is 0 Å². The number of ether oxygens (including phenoxy) is 2. The Morgan fingerprint density at radius 2 is 2.22 bits per heavy atom. The van der Waals surface area contributed by atoms with E-state index in [2.05, 4.69) is 5.32 Å². The normalized spacial score (nSPS) is 20.6. The fourth-order valence-corrected chi connectivity index (χ4v) is 3.45. The highest BCUT2D eigenvalue weighted by Crippen LogP contribution is 2.43. The summed E-state index contributed by atoms with van der Waals surface area (Å²) in [5.41, 5.74) is 3.42. The smallest absolute Gasteiger partial charge is 0.336 e. The first-order valence-corrected chi connectivity index (χ1v) is 8.23. The van der Waals surface area contributed by atoms with Crippen LogP contribution in [0.5, 0.6) is 0 Å². The lowest BCUT2D eigenvalue weighted by molar-refractivity contribution is -0.139. The van der Waals surface area contributed by atoms with Gasteiger partial charge >= 0.3 is 5.97 Å². The van der Waals surface area contributed by atoms with Gasteiger partial charge in [-0.1, -0.05) is 29.8 Å². The summed E-state index contributed by atoms with van der Waals surface area (Å²) < 4.78 is 11.1. The van der Waals surface area contributed by atoms with Crippen molar-refractivity contribution in [3.8, 4) is 0 Å². The minimum Gasteiger partial charge on any atom is -0.490 e. The highest BCUT2D eigenvalue weighted by Gasteiger charge is 2.36. The number of hydrogen-bond donors (Lipinski definition) is 1. The average Bonchev–Trinajstić information content (AvgIpc) is 2.55. The monoisotopic (exact) mass is 333 g/mol. The molecule has 1 heterocycles. The van der Waals surface area contributed by atoms with E-state index in [-0.39, 0.29) is 11.9 Å². The van der Waals surface area contributed by atoms with Crippen molar-refractivity contribution in [2.45, 2.75) is 26.2 Å². The zero-order valence-electron chi connectivity index (χ0n) is 13.3. The van der Waals surface area contributed by atoms with Crippen molar-refractivity contribution >= 4 is 17.6 Å². The van der Waals surface area contributed by atoms with Crippen LogP contribution in [0.25, 0.3) is 0 Å². The van der Waals surface area contributed by atoms with Gasteiger partial charge in [0.25, 0.3) is 0 Å². The molecule has 0 amide bonds. The van der Waals surface area contributed by atoms with Crippen LogP contribution in [0.3, 0.4) is 0 Å². The summed E-state index contributed by atoms with van der Waals surface area (Å²) in [7, 11) is 0. The topological polar surface area (TPSA) is 47.6 Å². The number of nitrogens with one attached hydrogen (secondary N) is 1. The van der Waals surface area contributed by atoms with Crippen LogP contribution >= 0.6 is 11.6 Å². The van der Waals surface area contributed by atoms with Crippen LogP contribution < -0.4 is 5.32 Å². The fraction of sp³-hybridized carbons (Fsp3) is 0.389. The van der Waals surface area contributed by atoms with E-state index in [1.54, 1.807) is 0 Å². The standard InChI is InChI=1S/C18H20ClNO3/c1-3-22-18(21)15-13(12-6-4-5-7-14(12)19)10-11(2)17-16(15)20-8-9-23-17/h4-7,13,20H,3,8-10H2,1-2H3. The van der Waals surface area contributed by atoms with Crippen LogP contribution in [0.2, 0.25) is 5.02 Å². The maximum absolute atomic E-state index is 12.6. The highest BCUT2D eigenvalue weighted by molar-refractivity contribution is 6.31. The maximum Gasteiger partial charge on any atom is 0.336 e. The maximum atomic E-state index is 12.6. The predicted octanol–water partition coefficient (Wildman–Crippen LogP) is 3.54. The molecule has 1 N–H and O–H groups in total. The first-order chi connectivity index (χ1) is 11.1. The van der Waals surface area contributed by atoms with Crippen molar-refractivity contribution in [3.63, 3.8) is 0 Å². The lowest BCUT2D eigenvalue weighted by atomic mass is 9.80. The molecular weight excluding hydrogens is 314 g/mol. The number of benzene rings is 1. The van der Waals surface area contributed by atoms with E-state index in [9.17, 15) is 4.79 Å². The van der Waals surface area contributed by atoms with Crippen molar-refractivity contribution < 1.29 is 14.3 Å². The minimum atomic E-state index is -0.310. The van der Waals surface area contributed by atoms with Crippen molar-refractivity contribution in [1.82, 2.24) is 5.32 Å². The number of esters is 1. The van der Waals surface area contributed by atoms with Gasteiger partial charge in [-0.05, 0) is 37.5 Å². The van der Waals surface area contributed by atoms with Gasteiger partial charge in [-0.3, -0.25) is 0 Å². The molecule has 23 heavy (non-hydrogen) atoms. The molecule has 0 saturated carbocycles. The number of carbonyl (C=O) groups is 1. The molecule has 1 fully saturated rings. The number of carbonyl (C=O) groups excluding carboxylic acids is 1. The highest BCUT2D eigenvalue weighted by atomic mass is 35.5. The van der Waals surface area contributed by atoms with Crippen molar-refractivity contribution in [3.05, 3.63) is 57.5 Å². The van der Waals surface area contributed by atoms with Crippen LogP contribution in [-0.2, 0) is 14.3 Å². The Labute approximate surface area is 141 Å². The molecule has 1 aliphatic carbocycles. The Morgan fingerprint density at radius 3 is 2.96 bits per heavy atom. The molecule has 1 saturated heterocycles. The number of rotatable bonds is 3. The summed E-state index contributed by atoms with van der Waals surface area (Å²) in [5, 5.41) is 3.97. The lowest BCUT2D eigenvalue weighted by Crippen LogP contribution is -2.35. The molecule has 1 aromatic rings. The zero-order chi connectivity index (χ0) is 16.4. The van der Waals surface area contributed by atoms with Crippen LogP contribution in [0, 0.1) is 0 Å². The van der Waals surface area contributed by atoms with Gasteiger partial charge in [-0.15, -0.1) is 0 Å².